The number of hydrogen-bond acceptors (Lipinski definition) is 1. The van der Waals surface area contributed by atoms with Crippen LogP contribution in [-0.2, 0) is 0 Å². The Morgan fingerprint density at radius 3 is 2.88 bits per heavy atom. The zero-order chi connectivity index (χ0) is 11.1. The van der Waals surface area contributed by atoms with Crippen LogP contribution in [0, 0.1) is 36.0 Å². The van der Waals surface area contributed by atoms with Crippen molar-refractivity contribution in [3.63, 3.8) is 0 Å². The molecule has 0 radical (unpaired) electrons. The molecular weight excluding hydrogens is 194 g/mol. The lowest BCUT2D eigenvalue weighted by Crippen LogP contribution is -2.43. The second kappa shape index (κ2) is 4.08. The van der Waals surface area contributed by atoms with E-state index in [1.807, 2.05) is 0 Å². The van der Waals surface area contributed by atoms with Crippen molar-refractivity contribution in [2.75, 3.05) is 0 Å². The summed E-state index contributed by atoms with van der Waals surface area (Å²) in [5, 5.41) is 3.78. The van der Waals surface area contributed by atoms with E-state index >= 15 is 0 Å². The summed E-state index contributed by atoms with van der Waals surface area (Å²) in [4.78, 5) is 0. The van der Waals surface area contributed by atoms with Crippen LogP contribution in [0.2, 0.25) is 0 Å². The molecule has 0 heterocycles. The Kier molecular flexibility index (Phi) is 2.72. The molecule has 0 aromatic carbocycles. The maximum absolute atomic E-state index is 5.38. The lowest BCUT2D eigenvalue weighted by molar-refractivity contribution is 0.200. The molecule has 0 aromatic heterocycles. The second-order valence-corrected chi connectivity index (χ2v) is 6.24. The van der Waals surface area contributed by atoms with Gasteiger partial charge in [-0.15, -0.1) is 12.3 Å². The highest BCUT2D eigenvalue weighted by atomic mass is 15.0. The minimum absolute atomic E-state index is 0.509. The van der Waals surface area contributed by atoms with E-state index in [4.69, 9.17) is 6.42 Å². The second-order valence-electron chi connectivity index (χ2n) is 6.24. The Morgan fingerprint density at radius 1 is 1.25 bits per heavy atom. The maximum Gasteiger partial charge on any atom is 0.0238 e. The van der Waals surface area contributed by atoms with E-state index in [2.05, 4.69) is 18.2 Å². The van der Waals surface area contributed by atoms with Gasteiger partial charge in [0.15, 0.2) is 0 Å². The lowest BCUT2D eigenvalue weighted by atomic mass is 9.79. The summed E-state index contributed by atoms with van der Waals surface area (Å²) in [6.45, 7) is 2.23. The van der Waals surface area contributed by atoms with Crippen molar-refractivity contribution in [3.05, 3.63) is 0 Å². The van der Waals surface area contributed by atoms with E-state index in [0.717, 1.165) is 36.1 Å². The fourth-order valence-electron chi connectivity index (χ4n) is 4.86. The Labute approximate surface area is 99.4 Å². The molecule has 0 spiro atoms. The topological polar surface area (TPSA) is 12.0 Å². The standard InChI is InChI=1S/C15H23N/c1-3-5-10(2)16-15-9-11-8-14(15)13-7-4-6-12(11)13/h1,10-16H,4-9H2,2H3. The van der Waals surface area contributed by atoms with Gasteiger partial charge in [0.05, 0.1) is 0 Å². The predicted octanol–water partition coefficient (Wildman–Crippen LogP) is 2.81. The van der Waals surface area contributed by atoms with E-state index in [0.29, 0.717) is 6.04 Å². The quantitative estimate of drug-likeness (QED) is 0.717. The first-order valence-electron chi connectivity index (χ1n) is 6.99. The predicted molar refractivity (Wildman–Crippen MR) is 66.9 cm³/mol. The molecule has 1 heteroatoms. The normalized spacial score (nSPS) is 46.6. The van der Waals surface area contributed by atoms with Crippen LogP contribution >= 0.6 is 0 Å². The fourth-order valence-corrected chi connectivity index (χ4v) is 4.86. The van der Waals surface area contributed by atoms with Crippen molar-refractivity contribution in [1.29, 1.82) is 0 Å². The van der Waals surface area contributed by atoms with Gasteiger partial charge in [-0.25, -0.2) is 0 Å². The Balaban J connectivity index is 1.62. The summed E-state index contributed by atoms with van der Waals surface area (Å²) in [6.07, 6.45) is 13.7. The largest absolute Gasteiger partial charge is 0.310 e. The van der Waals surface area contributed by atoms with Gasteiger partial charge in [0.2, 0.25) is 0 Å². The number of rotatable bonds is 3. The first kappa shape index (κ1) is 10.7. The molecule has 1 nitrogen and oxygen atoms in total. The van der Waals surface area contributed by atoms with Crippen LogP contribution in [0.1, 0.15) is 45.4 Å². The highest BCUT2D eigenvalue weighted by molar-refractivity contribution is 5.06. The highest BCUT2D eigenvalue weighted by Crippen LogP contribution is 2.58. The van der Waals surface area contributed by atoms with Gasteiger partial charge in [0.25, 0.3) is 0 Å². The van der Waals surface area contributed by atoms with Crippen molar-refractivity contribution in [2.24, 2.45) is 23.7 Å². The van der Waals surface area contributed by atoms with Crippen molar-refractivity contribution in [2.45, 2.75) is 57.5 Å². The molecule has 0 amide bonds. The third kappa shape index (κ3) is 1.59. The number of hydrogen-bond donors (Lipinski definition) is 1. The maximum atomic E-state index is 5.38. The van der Waals surface area contributed by atoms with Gasteiger partial charge in [0, 0.05) is 18.5 Å². The summed E-state index contributed by atoms with van der Waals surface area (Å²) >= 11 is 0. The summed E-state index contributed by atoms with van der Waals surface area (Å²) < 4.78 is 0. The zero-order valence-corrected chi connectivity index (χ0v) is 10.3. The number of fused-ring (bicyclic) bond motifs is 5. The first-order valence-corrected chi connectivity index (χ1v) is 6.99. The fraction of sp³-hybridized carbons (Fsp3) is 0.867. The third-order valence-electron chi connectivity index (χ3n) is 5.35. The Hall–Kier alpha value is -0.480. The van der Waals surface area contributed by atoms with Crippen molar-refractivity contribution < 1.29 is 0 Å². The minimum Gasteiger partial charge on any atom is -0.310 e. The molecule has 0 saturated heterocycles. The molecule has 6 atom stereocenters. The van der Waals surface area contributed by atoms with Gasteiger partial charge in [-0.2, -0.15) is 0 Å². The highest BCUT2D eigenvalue weighted by Gasteiger charge is 2.53. The van der Waals surface area contributed by atoms with E-state index in [1.165, 1.54) is 32.1 Å². The van der Waals surface area contributed by atoms with Gasteiger partial charge in [0.1, 0.15) is 0 Å². The van der Waals surface area contributed by atoms with Crippen LogP contribution in [0.25, 0.3) is 0 Å². The number of nitrogens with one attached hydrogen (secondary N) is 1. The molecule has 0 aromatic rings. The van der Waals surface area contributed by atoms with Crippen LogP contribution < -0.4 is 5.32 Å². The molecule has 3 aliphatic rings. The molecular formula is C15H23N. The van der Waals surface area contributed by atoms with Crippen LogP contribution in [-0.4, -0.2) is 12.1 Å². The molecule has 0 aliphatic heterocycles. The van der Waals surface area contributed by atoms with Gasteiger partial charge < -0.3 is 5.32 Å². The van der Waals surface area contributed by atoms with Crippen molar-refractivity contribution >= 4 is 0 Å². The Bertz CT molecular complexity index is 303. The molecule has 16 heavy (non-hydrogen) atoms. The van der Waals surface area contributed by atoms with Crippen LogP contribution in [0.5, 0.6) is 0 Å². The molecule has 6 unspecified atom stereocenters. The molecule has 3 rings (SSSR count). The molecule has 1 N–H and O–H groups in total. The molecule has 2 bridgehead atoms. The zero-order valence-electron chi connectivity index (χ0n) is 10.3. The van der Waals surface area contributed by atoms with E-state index in [1.54, 1.807) is 0 Å². The third-order valence-corrected chi connectivity index (χ3v) is 5.35. The van der Waals surface area contributed by atoms with Crippen molar-refractivity contribution in [1.82, 2.24) is 5.32 Å². The molecule has 88 valence electrons. The van der Waals surface area contributed by atoms with Gasteiger partial charge in [-0.05, 0) is 56.3 Å². The first-order chi connectivity index (χ1) is 7.79. The van der Waals surface area contributed by atoms with Gasteiger partial charge in [-0.1, -0.05) is 6.42 Å². The van der Waals surface area contributed by atoms with Gasteiger partial charge in [-0.3, -0.25) is 0 Å². The molecule has 3 aliphatic carbocycles. The summed E-state index contributed by atoms with van der Waals surface area (Å²) in [5.41, 5.74) is 0. The average Bonchev–Trinajstić information content (AvgIpc) is 2.86. The van der Waals surface area contributed by atoms with Crippen LogP contribution in [0.3, 0.4) is 0 Å². The van der Waals surface area contributed by atoms with Gasteiger partial charge >= 0.3 is 0 Å². The van der Waals surface area contributed by atoms with E-state index in [9.17, 15) is 0 Å². The van der Waals surface area contributed by atoms with E-state index < -0.39 is 0 Å². The van der Waals surface area contributed by atoms with Crippen LogP contribution in [0.15, 0.2) is 0 Å². The lowest BCUT2D eigenvalue weighted by Gasteiger charge is -2.33. The Morgan fingerprint density at radius 2 is 2.06 bits per heavy atom. The smallest absolute Gasteiger partial charge is 0.0238 e. The summed E-state index contributed by atoms with van der Waals surface area (Å²) in [5.74, 6) is 6.97. The minimum atomic E-state index is 0.509. The molecule has 3 fully saturated rings. The average molecular weight is 217 g/mol. The van der Waals surface area contributed by atoms with Crippen LogP contribution in [0.4, 0.5) is 0 Å². The van der Waals surface area contributed by atoms with E-state index in [-0.39, 0.29) is 0 Å². The SMILES string of the molecule is C#CCC(C)NC1CC2CC1C1CCCC21. The number of terminal acetylenes is 1. The monoisotopic (exact) mass is 217 g/mol. The summed E-state index contributed by atoms with van der Waals surface area (Å²) in [6, 6.07) is 1.29. The molecule has 3 saturated carbocycles. The van der Waals surface area contributed by atoms with Crippen molar-refractivity contribution in [3.8, 4) is 12.3 Å². The summed E-state index contributed by atoms with van der Waals surface area (Å²) in [7, 11) is 0.